The summed E-state index contributed by atoms with van der Waals surface area (Å²) in [5.74, 6) is 0. The van der Waals surface area contributed by atoms with Crippen LogP contribution in [0, 0.1) is 22.7 Å². The highest BCUT2D eigenvalue weighted by molar-refractivity contribution is 5.77. The average Bonchev–Trinajstić information content (AvgIpc) is 2.66. The molecule has 24 heavy (non-hydrogen) atoms. The Morgan fingerprint density at radius 3 is 1.12 bits per heavy atom. The molecule has 2 nitrogen and oxygen atoms in total. The summed E-state index contributed by atoms with van der Waals surface area (Å²) in [7, 11) is 0. The van der Waals surface area contributed by atoms with E-state index in [1.165, 1.54) is 0 Å². The number of rotatable bonds is 2. The van der Waals surface area contributed by atoms with E-state index in [9.17, 15) is 10.5 Å². The number of nitrogens with zero attached hydrogens (tertiary/aromatic N) is 2. The Labute approximate surface area is 140 Å². The van der Waals surface area contributed by atoms with Crippen LogP contribution in [0.2, 0.25) is 0 Å². The van der Waals surface area contributed by atoms with Crippen molar-refractivity contribution >= 4 is 11.1 Å². The van der Waals surface area contributed by atoms with Crippen LogP contribution in [0.15, 0.2) is 84.9 Å². The first-order valence-corrected chi connectivity index (χ1v) is 7.59. The van der Waals surface area contributed by atoms with Gasteiger partial charge in [-0.15, -0.1) is 0 Å². The lowest BCUT2D eigenvalue weighted by atomic mass is 10.0. The molecule has 0 bridgehead atoms. The van der Waals surface area contributed by atoms with Gasteiger partial charge in [-0.25, -0.2) is 0 Å². The highest BCUT2D eigenvalue weighted by atomic mass is 14.3. The van der Waals surface area contributed by atoms with Crippen LogP contribution in [0.4, 0.5) is 0 Å². The van der Waals surface area contributed by atoms with Gasteiger partial charge in [-0.3, -0.25) is 0 Å². The average molecular weight is 306 g/mol. The van der Waals surface area contributed by atoms with Gasteiger partial charge in [0.15, 0.2) is 0 Å². The minimum absolute atomic E-state index is 0.625. The van der Waals surface area contributed by atoms with Crippen molar-refractivity contribution in [2.75, 3.05) is 0 Å². The van der Waals surface area contributed by atoms with Crippen LogP contribution >= 0.6 is 0 Å². The molecule has 0 saturated carbocycles. The van der Waals surface area contributed by atoms with Crippen LogP contribution in [-0.4, -0.2) is 0 Å². The molecule has 0 aromatic heterocycles. The Bertz CT molecular complexity index is 939. The van der Waals surface area contributed by atoms with Crippen LogP contribution < -0.4 is 10.4 Å². The van der Waals surface area contributed by atoms with E-state index in [4.69, 9.17) is 0 Å². The molecule has 3 rings (SSSR count). The van der Waals surface area contributed by atoms with Gasteiger partial charge in [0, 0.05) is 0 Å². The van der Waals surface area contributed by atoms with Crippen molar-refractivity contribution in [3.63, 3.8) is 0 Å². The molecular weight excluding hydrogens is 292 g/mol. The van der Waals surface area contributed by atoms with E-state index < -0.39 is 0 Å². The Hall–Kier alpha value is -3.62. The fourth-order valence-electron chi connectivity index (χ4n) is 2.60. The lowest BCUT2D eigenvalue weighted by molar-refractivity contribution is 1.45. The Balaban J connectivity index is 2.18. The Morgan fingerprint density at radius 1 is 0.500 bits per heavy atom. The van der Waals surface area contributed by atoms with Crippen LogP contribution in [0.5, 0.6) is 0 Å². The van der Waals surface area contributed by atoms with Gasteiger partial charge in [0.2, 0.25) is 0 Å². The van der Waals surface area contributed by atoms with Gasteiger partial charge in [0.05, 0.1) is 11.1 Å². The third-order valence-corrected chi connectivity index (χ3v) is 3.81. The van der Waals surface area contributed by atoms with Gasteiger partial charge in [-0.1, -0.05) is 84.9 Å². The zero-order valence-corrected chi connectivity index (χ0v) is 13.0. The summed E-state index contributed by atoms with van der Waals surface area (Å²) in [5, 5.41) is 20.7. The molecule has 0 atom stereocenters. The van der Waals surface area contributed by atoms with Gasteiger partial charge in [0.25, 0.3) is 0 Å². The molecule has 3 aromatic rings. The van der Waals surface area contributed by atoms with E-state index in [0.717, 1.165) is 21.6 Å². The zero-order chi connectivity index (χ0) is 16.8. The minimum Gasteiger partial charge on any atom is -0.192 e. The molecule has 3 aromatic carbocycles. The van der Waals surface area contributed by atoms with E-state index in [0.29, 0.717) is 11.1 Å². The van der Waals surface area contributed by atoms with Gasteiger partial charge in [-0.05, 0) is 21.6 Å². The third kappa shape index (κ3) is 3.09. The van der Waals surface area contributed by atoms with Crippen molar-refractivity contribution in [2.24, 2.45) is 0 Å². The second-order valence-electron chi connectivity index (χ2n) is 5.28. The summed E-state index contributed by atoms with van der Waals surface area (Å²) in [5.41, 5.74) is 3.03. The summed E-state index contributed by atoms with van der Waals surface area (Å²) in [6.07, 6.45) is 0. The first-order chi connectivity index (χ1) is 11.8. The fraction of sp³-hybridized carbons (Fsp3) is 0. The monoisotopic (exact) mass is 306 g/mol. The molecule has 112 valence electrons. The van der Waals surface area contributed by atoms with Crippen molar-refractivity contribution in [3.8, 4) is 12.1 Å². The van der Waals surface area contributed by atoms with Crippen molar-refractivity contribution < 1.29 is 0 Å². The lowest BCUT2D eigenvalue weighted by Crippen LogP contribution is -2.13. The summed E-state index contributed by atoms with van der Waals surface area (Å²) in [6.45, 7) is 0. The standard InChI is InChI=1S/C22H14N2/c23-15-21(17-7-3-1-4-8-17)19-11-13-20(14-12-19)22(16-24)18-9-5-2-6-10-18/h1-14H. The molecule has 0 unspecified atom stereocenters. The molecule has 0 aliphatic heterocycles. The quantitative estimate of drug-likeness (QED) is 0.730. The minimum atomic E-state index is 0.625. The molecule has 0 heterocycles. The molecule has 0 fully saturated rings. The van der Waals surface area contributed by atoms with E-state index in [2.05, 4.69) is 12.1 Å². The molecule has 0 amide bonds. The maximum atomic E-state index is 9.49. The summed E-state index contributed by atoms with van der Waals surface area (Å²) >= 11 is 0. The fourth-order valence-corrected chi connectivity index (χ4v) is 2.60. The molecule has 2 heteroatoms. The van der Waals surface area contributed by atoms with Gasteiger partial charge < -0.3 is 0 Å². The van der Waals surface area contributed by atoms with Crippen molar-refractivity contribution in [2.45, 2.75) is 0 Å². The van der Waals surface area contributed by atoms with E-state index >= 15 is 0 Å². The number of nitriles is 2. The second-order valence-corrected chi connectivity index (χ2v) is 5.28. The van der Waals surface area contributed by atoms with Crippen molar-refractivity contribution in [1.82, 2.24) is 0 Å². The Kier molecular flexibility index (Phi) is 4.52. The topological polar surface area (TPSA) is 47.6 Å². The molecular formula is C22H14N2. The maximum Gasteiger partial charge on any atom is 0.100 e. The predicted octanol–water partition coefficient (Wildman–Crippen LogP) is 3.13. The second kappa shape index (κ2) is 7.09. The number of benzene rings is 3. The van der Waals surface area contributed by atoms with Crippen LogP contribution in [-0.2, 0) is 0 Å². The highest BCUT2D eigenvalue weighted by Gasteiger charge is 2.03. The summed E-state index contributed by atoms with van der Waals surface area (Å²) in [4.78, 5) is 0. The lowest BCUT2D eigenvalue weighted by Gasteiger charge is -2.00. The van der Waals surface area contributed by atoms with Crippen LogP contribution in [0.1, 0.15) is 11.1 Å². The van der Waals surface area contributed by atoms with E-state index in [1.807, 2.05) is 84.9 Å². The summed E-state index contributed by atoms with van der Waals surface area (Å²) in [6, 6.07) is 31.3. The SMILES string of the molecule is N#CC(c1ccccc1)=c1ccc(=C(C#N)c2ccccc2)cc1. The van der Waals surface area contributed by atoms with E-state index in [1.54, 1.807) is 0 Å². The maximum absolute atomic E-state index is 9.49. The van der Waals surface area contributed by atoms with Gasteiger partial charge >= 0.3 is 0 Å². The predicted molar refractivity (Wildman–Crippen MR) is 94.8 cm³/mol. The van der Waals surface area contributed by atoms with Crippen LogP contribution in [0.25, 0.3) is 11.1 Å². The van der Waals surface area contributed by atoms with Gasteiger partial charge in [0.1, 0.15) is 12.1 Å². The summed E-state index contributed by atoms with van der Waals surface area (Å²) < 4.78 is 0. The number of hydrogen-bond acceptors (Lipinski definition) is 2. The third-order valence-electron chi connectivity index (χ3n) is 3.81. The largest absolute Gasteiger partial charge is 0.192 e. The van der Waals surface area contributed by atoms with Crippen LogP contribution in [0.3, 0.4) is 0 Å². The first-order valence-electron chi connectivity index (χ1n) is 7.59. The molecule has 0 saturated heterocycles. The molecule has 0 N–H and O–H groups in total. The van der Waals surface area contributed by atoms with Crippen molar-refractivity contribution in [1.29, 1.82) is 10.5 Å². The zero-order valence-electron chi connectivity index (χ0n) is 13.0. The molecule has 0 aliphatic rings. The van der Waals surface area contributed by atoms with Crippen molar-refractivity contribution in [3.05, 3.63) is 106 Å². The van der Waals surface area contributed by atoms with E-state index in [-0.39, 0.29) is 0 Å². The first kappa shape index (κ1) is 15.3. The molecule has 0 aliphatic carbocycles. The Morgan fingerprint density at radius 2 is 0.833 bits per heavy atom. The molecule has 0 radical (unpaired) electrons. The number of hydrogen-bond donors (Lipinski definition) is 0. The molecule has 0 spiro atoms. The normalized spacial score (nSPS) is 9.58. The highest BCUT2D eigenvalue weighted by Crippen LogP contribution is 2.10. The van der Waals surface area contributed by atoms with Gasteiger partial charge in [-0.2, -0.15) is 10.5 Å². The smallest absolute Gasteiger partial charge is 0.100 e.